The monoisotopic (exact) mass is 317 g/mol. The van der Waals surface area contributed by atoms with Crippen LogP contribution in [0, 0.1) is 13.8 Å². The first-order chi connectivity index (χ1) is 10.8. The zero-order valence-corrected chi connectivity index (χ0v) is 14.5. The lowest BCUT2D eigenvalue weighted by Crippen LogP contribution is -2.52. The van der Waals surface area contributed by atoms with E-state index in [9.17, 15) is 9.59 Å². The van der Waals surface area contributed by atoms with Crippen LogP contribution < -0.4 is 10.6 Å². The normalized spacial score (nSPS) is 19.4. The zero-order valence-electron chi connectivity index (χ0n) is 14.5. The summed E-state index contributed by atoms with van der Waals surface area (Å²) in [5.41, 5.74) is 3.76. The second-order valence-corrected chi connectivity index (χ2v) is 6.66. The fraction of sp³-hybridized carbons (Fsp3) is 0.556. The van der Waals surface area contributed by atoms with Gasteiger partial charge < -0.3 is 15.5 Å². The summed E-state index contributed by atoms with van der Waals surface area (Å²) < 4.78 is 0. The lowest BCUT2D eigenvalue weighted by atomic mass is 10.00. The highest BCUT2D eigenvalue weighted by Gasteiger charge is 2.24. The number of hydrogen-bond acceptors (Lipinski definition) is 2. The van der Waals surface area contributed by atoms with Crippen LogP contribution in [0.4, 0.5) is 4.79 Å². The van der Waals surface area contributed by atoms with Gasteiger partial charge in [-0.15, -0.1) is 0 Å². The fourth-order valence-corrected chi connectivity index (χ4v) is 3.04. The molecule has 1 heterocycles. The summed E-state index contributed by atoms with van der Waals surface area (Å²) in [6, 6.07) is 6.32. The van der Waals surface area contributed by atoms with Gasteiger partial charge in [-0.05, 0) is 44.7 Å². The highest BCUT2D eigenvalue weighted by Crippen LogP contribution is 2.13. The molecule has 1 aromatic carbocycles. The minimum Gasteiger partial charge on any atom is -0.344 e. The number of rotatable bonds is 4. The van der Waals surface area contributed by atoms with Gasteiger partial charge in [0.2, 0.25) is 5.91 Å². The highest BCUT2D eigenvalue weighted by atomic mass is 16.2. The quantitative estimate of drug-likeness (QED) is 0.894. The Balaban J connectivity index is 1.81. The number of nitrogens with one attached hydrogen (secondary N) is 2. The molecule has 2 atom stereocenters. The molecule has 0 spiro atoms. The van der Waals surface area contributed by atoms with Crippen molar-refractivity contribution in [3.05, 3.63) is 34.9 Å². The van der Waals surface area contributed by atoms with Crippen molar-refractivity contribution in [3.8, 4) is 0 Å². The van der Waals surface area contributed by atoms with Gasteiger partial charge in [0.25, 0.3) is 0 Å². The standard InChI is InChI=1S/C18H27N3O2/c1-12-5-6-15(13(2)9-12)10-14(3)19-18(23)20-16-7-8-17(22)21(4)11-16/h5-6,9,14,16H,7-8,10-11H2,1-4H3,(H2,19,20,23)/t14-,16+/m0/s1. The number of piperidine rings is 1. The van der Waals surface area contributed by atoms with Crippen LogP contribution in [0.2, 0.25) is 0 Å². The second kappa shape index (κ2) is 7.49. The number of aryl methyl sites for hydroxylation is 2. The summed E-state index contributed by atoms with van der Waals surface area (Å²) >= 11 is 0. The molecule has 1 saturated heterocycles. The van der Waals surface area contributed by atoms with E-state index >= 15 is 0 Å². The molecular formula is C18H27N3O2. The minimum absolute atomic E-state index is 0.0333. The molecule has 23 heavy (non-hydrogen) atoms. The Hall–Kier alpha value is -2.04. The Morgan fingerprint density at radius 1 is 1.39 bits per heavy atom. The molecule has 0 unspecified atom stereocenters. The van der Waals surface area contributed by atoms with Crippen molar-refractivity contribution < 1.29 is 9.59 Å². The van der Waals surface area contributed by atoms with Crippen molar-refractivity contribution in [2.75, 3.05) is 13.6 Å². The van der Waals surface area contributed by atoms with Gasteiger partial charge in [0, 0.05) is 32.1 Å². The predicted octanol–water partition coefficient (Wildman–Crippen LogP) is 2.15. The third-order valence-electron chi connectivity index (χ3n) is 4.36. The average molecular weight is 317 g/mol. The Bertz CT molecular complexity index is 586. The molecule has 1 aliphatic heterocycles. The molecule has 5 heteroatoms. The summed E-state index contributed by atoms with van der Waals surface area (Å²) in [5.74, 6) is 0.145. The molecule has 1 fully saturated rings. The van der Waals surface area contributed by atoms with Gasteiger partial charge >= 0.3 is 6.03 Å². The average Bonchev–Trinajstić information content (AvgIpc) is 2.46. The van der Waals surface area contributed by atoms with Gasteiger partial charge in [-0.25, -0.2) is 4.79 Å². The van der Waals surface area contributed by atoms with Gasteiger partial charge in [-0.1, -0.05) is 23.8 Å². The number of benzene rings is 1. The van der Waals surface area contributed by atoms with E-state index in [2.05, 4.69) is 42.7 Å². The van der Waals surface area contributed by atoms with E-state index in [4.69, 9.17) is 0 Å². The number of likely N-dealkylation sites (N-methyl/N-ethyl adjacent to an activating group) is 1. The maximum Gasteiger partial charge on any atom is 0.315 e. The number of carbonyl (C=O) groups excluding carboxylic acids is 2. The van der Waals surface area contributed by atoms with Crippen LogP contribution in [0.3, 0.4) is 0 Å². The first kappa shape index (κ1) is 17.3. The van der Waals surface area contributed by atoms with Crippen molar-refractivity contribution in [1.82, 2.24) is 15.5 Å². The van der Waals surface area contributed by atoms with Crippen LogP contribution in [-0.2, 0) is 11.2 Å². The van der Waals surface area contributed by atoms with E-state index in [0.717, 1.165) is 6.42 Å². The summed E-state index contributed by atoms with van der Waals surface area (Å²) in [6.07, 6.45) is 2.02. The van der Waals surface area contributed by atoms with Crippen molar-refractivity contribution in [2.24, 2.45) is 0 Å². The van der Waals surface area contributed by atoms with Crippen LogP contribution in [0.15, 0.2) is 18.2 Å². The molecule has 2 rings (SSSR count). The third-order valence-corrected chi connectivity index (χ3v) is 4.36. The van der Waals surface area contributed by atoms with Gasteiger partial charge in [-0.3, -0.25) is 4.79 Å². The van der Waals surface area contributed by atoms with Crippen molar-refractivity contribution >= 4 is 11.9 Å². The Morgan fingerprint density at radius 3 is 2.78 bits per heavy atom. The first-order valence-electron chi connectivity index (χ1n) is 8.22. The van der Waals surface area contributed by atoms with E-state index < -0.39 is 0 Å². The molecule has 0 saturated carbocycles. The topological polar surface area (TPSA) is 61.4 Å². The van der Waals surface area contributed by atoms with E-state index in [1.54, 1.807) is 11.9 Å². The van der Waals surface area contributed by atoms with Crippen molar-refractivity contribution in [1.29, 1.82) is 0 Å². The van der Waals surface area contributed by atoms with E-state index in [-0.39, 0.29) is 24.0 Å². The van der Waals surface area contributed by atoms with Crippen LogP contribution in [0.25, 0.3) is 0 Å². The molecule has 3 amide bonds. The van der Waals surface area contributed by atoms with Crippen LogP contribution in [-0.4, -0.2) is 42.5 Å². The number of hydrogen-bond donors (Lipinski definition) is 2. The van der Waals surface area contributed by atoms with Gasteiger partial charge in [-0.2, -0.15) is 0 Å². The maximum atomic E-state index is 12.1. The van der Waals surface area contributed by atoms with Crippen LogP contribution in [0.1, 0.15) is 36.5 Å². The van der Waals surface area contributed by atoms with Crippen LogP contribution in [0.5, 0.6) is 0 Å². The molecule has 0 radical (unpaired) electrons. The Labute approximate surface area is 138 Å². The number of carbonyl (C=O) groups is 2. The van der Waals surface area contributed by atoms with Gasteiger partial charge in [0.15, 0.2) is 0 Å². The maximum absolute atomic E-state index is 12.1. The summed E-state index contributed by atoms with van der Waals surface area (Å²) in [6.45, 7) is 6.77. The Kier molecular flexibility index (Phi) is 5.64. The smallest absolute Gasteiger partial charge is 0.315 e. The summed E-state index contributed by atoms with van der Waals surface area (Å²) in [5, 5.41) is 5.96. The lowest BCUT2D eigenvalue weighted by Gasteiger charge is -2.30. The molecule has 5 nitrogen and oxygen atoms in total. The molecule has 2 N–H and O–H groups in total. The molecule has 0 bridgehead atoms. The first-order valence-corrected chi connectivity index (χ1v) is 8.22. The van der Waals surface area contributed by atoms with Gasteiger partial charge in [0.05, 0.1) is 0 Å². The highest BCUT2D eigenvalue weighted by molar-refractivity contribution is 5.78. The third kappa shape index (κ3) is 4.98. The summed E-state index contributed by atoms with van der Waals surface area (Å²) in [4.78, 5) is 25.2. The SMILES string of the molecule is Cc1ccc(C[C@H](C)NC(=O)N[C@@H]2CCC(=O)N(C)C2)c(C)c1. The zero-order chi connectivity index (χ0) is 17.0. The molecule has 126 valence electrons. The van der Waals surface area contributed by atoms with Crippen LogP contribution >= 0.6 is 0 Å². The van der Waals surface area contributed by atoms with E-state index in [0.29, 0.717) is 19.4 Å². The second-order valence-electron chi connectivity index (χ2n) is 6.66. The number of amides is 3. The van der Waals surface area contributed by atoms with Crippen molar-refractivity contribution in [3.63, 3.8) is 0 Å². The molecule has 1 aromatic rings. The Morgan fingerprint density at radius 2 is 2.13 bits per heavy atom. The number of likely N-dealkylation sites (tertiary alicyclic amines) is 1. The number of urea groups is 1. The molecule has 0 aliphatic carbocycles. The largest absolute Gasteiger partial charge is 0.344 e. The van der Waals surface area contributed by atoms with E-state index in [1.165, 1.54) is 16.7 Å². The minimum atomic E-state index is -0.157. The lowest BCUT2D eigenvalue weighted by molar-refractivity contribution is -0.132. The van der Waals surface area contributed by atoms with Gasteiger partial charge in [0.1, 0.15) is 0 Å². The predicted molar refractivity (Wildman–Crippen MR) is 91.4 cm³/mol. The fourth-order valence-electron chi connectivity index (χ4n) is 3.04. The summed E-state index contributed by atoms with van der Waals surface area (Å²) in [7, 11) is 1.77. The molecule has 1 aliphatic rings. The number of nitrogens with zero attached hydrogens (tertiary/aromatic N) is 1. The molecular weight excluding hydrogens is 290 g/mol. The van der Waals surface area contributed by atoms with E-state index in [1.807, 2.05) is 6.92 Å². The molecule has 0 aromatic heterocycles. The van der Waals surface area contributed by atoms with Crippen molar-refractivity contribution in [2.45, 2.75) is 52.1 Å².